The summed E-state index contributed by atoms with van der Waals surface area (Å²) in [5.74, 6) is 0.470. The molecule has 1 N–H and O–H groups in total. The Balaban J connectivity index is 1.12. The first kappa shape index (κ1) is 25.1. The first-order valence-electron chi connectivity index (χ1n) is 14.1. The lowest BCUT2D eigenvalue weighted by Crippen LogP contribution is -2.42. The molecule has 3 aromatic carbocycles. The number of anilines is 1. The Kier molecular flexibility index (Phi) is 5.80. The predicted molar refractivity (Wildman–Crippen MR) is 159 cm³/mol. The summed E-state index contributed by atoms with van der Waals surface area (Å²) in [6.07, 6.45) is 0.880. The molecule has 8 heteroatoms. The second-order valence-corrected chi connectivity index (χ2v) is 13.9. The van der Waals surface area contributed by atoms with Gasteiger partial charge in [-0.1, -0.05) is 71.5 Å². The number of aromatic amines is 1. The van der Waals surface area contributed by atoms with Crippen LogP contribution in [0.2, 0.25) is 0 Å². The molecule has 2 aliphatic carbocycles. The third-order valence-corrected chi connectivity index (χ3v) is 12.1. The summed E-state index contributed by atoms with van der Waals surface area (Å²) >= 11 is 3.00. The Morgan fingerprint density at radius 2 is 1.59 bits per heavy atom. The van der Waals surface area contributed by atoms with Gasteiger partial charge in [0.1, 0.15) is 12.4 Å². The number of hydrogen-bond acceptors (Lipinski definition) is 6. The van der Waals surface area contributed by atoms with Crippen molar-refractivity contribution in [2.24, 2.45) is 29.6 Å². The number of imide groups is 1. The molecule has 2 bridgehead atoms. The Labute approximate surface area is 245 Å². The first-order chi connectivity index (χ1) is 20.0. The van der Waals surface area contributed by atoms with E-state index in [9.17, 15) is 14.4 Å². The SMILES string of the molecule is Cc1ccc(COc2ccc([C@@H]3c4sc(=O)[nH]c4S[C@@H]4[C@@H]5C[C@@H]([C@@H]6C(=O)N(c7ccccc7)C(=O)[C@@H]56)[C@@H]34)cc2)cc1. The molecule has 3 heterocycles. The fourth-order valence-electron chi connectivity index (χ4n) is 7.84. The minimum absolute atomic E-state index is 0.00373. The molecule has 6 nitrogen and oxygen atoms in total. The van der Waals surface area contributed by atoms with Crippen LogP contribution in [-0.4, -0.2) is 22.0 Å². The van der Waals surface area contributed by atoms with Crippen LogP contribution in [0.25, 0.3) is 0 Å². The summed E-state index contributed by atoms with van der Waals surface area (Å²) in [5, 5.41) is 1.10. The molecule has 7 atom stereocenters. The average Bonchev–Trinajstić information content (AvgIpc) is 3.72. The predicted octanol–water partition coefficient (Wildman–Crippen LogP) is 6.00. The molecule has 4 aliphatic rings. The molecular weight excluding hydrogens is 553 g/mol. The number of amides is 2. The standard InChI is InChI=1S/C33H28N2O4S2/c1-17-7-9-18(10-8-17)16-39-21-13-11-19(12-14-21)24-25-22-15-23(28(25)40-30-29(24)41-33(38)34-30)27-26(22)31(36)35(32(27)37)20-5-3-2-4-6-20/h2-14,22-28H,15-16H2,1H3,(H,34,38)/t22-,23-,24+,25+,26+,27+,28-/m1/s1. The topological polar surface area (TPSA) is 79.5 Å². The zero-order valence-electron chi connectivity index (χ0n) is 22.4. The van der Waals surface area contributed by atoms with Crippen molar-refractivity contribution in [2.45, 2.75) is 36.1 Å². The Morgan fingerprint density at radius 1 is 0.878 bits per heavy atom. The second-order valence-electron chi connectivity index (χ2n) is 11.7. The van der Waals surface area contributed by atoms with Gasteiger partial charge in [-0.15, -0.1) is 11.8 Å². The van der Waals surface area contributed by atoms with Crippen LogP contribution in [0.15, 0.2) is 88.7 Å². The van der Waals surface area contributed by atoms with Crippen LogP contribution >= 0.6 is 23.1 Å². The third-order valence-electron chi connectivity index (χ3n) is 9.50. The van der Waals surface area contributed by atoms with Gasteiger partial charge in [0.2, 0.25) is 11.8 Å². The largest absolute Gasteiger partial charge is 0.489 e. The highest BCUT2D eigenvalue weighted by atomic mass is 32.2. The van der Waals surface area contributed by atoms with Gasteiger partial charge in [-0.3, -0.25) is 19.3 Å². The van der Waals surface area contributed by atoms with Crippen LogP contribution in [0.1, 0.15) is 33.9 Å². The highest BCUT2D eigenvalue weighted by Gasteiger charge is 2.69. The minimum Gasteiger partial charge on any atom is -0.489 e. The summed E-state index contributed by atoms with van der Waals surface area (Å²) < 4.78 is 6.07. The van der Waals surface area contributed by atoms with Gasteiger partial charge in [0, 0.05) is 16.0 Å². The number of carbonyl (C=O) groups is 2. The molecule has 2 aliphatic heterocycles. The molecule has 206 valence electrons. The number of aryl methyl sites for hydroxylation is 1. The Morgan fingerprint density at radius 3 is 2.32 bits per heavy atom. The molecule has 1 aromatic heterocycles. The van der Waals surface area contributed by atoms with Gasteiger partial charge in [0.05, 0.1) is 22.5 Å². The smallest absolute Gasteiger partial charge is 0.305 e. The van der Waals surface area contributed by atoms with Crippen LogP contribution < -0.4 is 14.5 Å². The van der Waals surface area contributed by atoms with Crippen molar-refractivity contribution in [1.82, 2.24) is 4.98 Å². The van der Waals surface area contributed by atoms with E-state index in [0.717, 1.165) is 33.2 Å². The van der Waals surface area contributed by atoms with Crippen molar-refractivity contribution < 1.29 is 14.3 Å². The lowest BCUT2D eigenvalue weighted by molar-refractivity contribution is -0.123. The fraction of sp³-hybridized carbons (Fsp3) is 0.303. The highest BCUT2D eigenvalue weighted by molar-refractivity contribution is 8.00. The second kappa shape index (κ2) is 9.46. The van der Waals surface area contributed by atoms with Crippen molar-refractivity contribution in [3.05, 3.63) is 110 Å². The maximum atomic E-state index is 13.8. The summed E-state index contributed by atoms with van der Waals surface area (Å²) in [5.41, 5.74) is 4.12. The van der Waals surface area contributed by atoms with Crippen LogP contribution in [0.3, 0.4) is 0 Å². The molecule has 41 heavy (non-hydrogen) atoms. The van der Waals surface area contributed by atoms with Gasteiger partial charge >= 0.3 is 4.87 Å². The van der Waals surface area contributed by atoms with Crippen LogP contribution in [-0.2, 0) is 16.2 Å². The van der Waals surface area contributed by atoms with Gasteiger partial charge in [0.25, 0.3) is 0 Å². The zero-order valence-corrected chi connectivity index (χ0v) is 24.0. The zero-order chi connectivity index (χ0) is 27.8. The maximum absolute atomic E-state index is 13.8. The molecule has 4 aromatic rings. The number of para-hydroxylation sites is 1. The van der Waals surface area contributed by atoms with E-state index < -0.39 is 0 Å². The van der Waals surface area contributed by atoms with E-state index in [1.807, 2.05) is 42.5 Å². The number of hydrogen-bond donors (Lipinski definition) is 1. The summed E-state index contributed by atoms with van der Waals surface area (Å²) in [6, 6.07) is 25.9. The highest BCUT2D eigenvalue weighted by Crippen LogP contribution is 2.68. The number of aromatic nitrogens is 1. The van der Waals surface area contributed by atoms with Gasteiger partial charge in [-0.05, 0) is 66.5 Å². The number of thioether (sulfide) groups is 1. The lowest BCUT2D eigenvalue weighted by atomic mass is 9.68. The third kappa shape index (κ3) is 3.87. The van der Waals surface area contributed by atoms with E-state index in [2.05, 4.69) is 48.3 Å². The van der Waals surface area contributed by atoms with E-state index in [1.165, 1.54) is 21.8 Å². The van der Waals surface area contributed by atoms with Crippen molar-refractivity contribution >= 4 is 40.6 Å². The maximum Gasteiger partial charge on any atom is 0.305 e. The molecule has 2 amide bonds. The van der Waals surface area contributed by atoms with Crippen LogP contribution in [0.5, 0.6) is 5.75 Å². The van der Waals surface area contributed by atoms with E-state index in [-0.39, 0.29) is 57.4 Å². The first-order valence-corrected chi connectivity index (χ1v) is 15.8. The van der Waals surface area contributed by atoms with Gasteiger partial charge in [-0.25, -0.2) is 0 Å². The van der Waals surface area contributed by atoms with Crippen molar-refractivity contribution in [2.75, 3.05) is 4.90 Å². The number of rotatable bonds is 5. The number of thiazole rings is 1. The van der Waals surface area contributed by atoms with Crippen LogP contribution in [0, 0.1) is 36.5 Å². The van der Waals surface area contributed by atoms with Crippen molar-refractivity contribution in [3.8, 4) is 5.75 Å². The molecular formula is C33H28N2O4S2. The summed E-state index contributed by atoms with van der Waals surface area (Å²) in [6.45, 7) is 2.56. The fourth-order valence-corrected chi connectivity index (χ4v) is 10.7. The van der Waals surface area contributed by atoms with E-state index in [4.69, 9.17) is 4.74 Å². The summed E-state index contributed by atoms with van der Waals surface area (Å²) in [4.78, 5) is 45.6. The normalized spacial score (nSPS) is 29.4. The van der Waals surface area contributed by atoms with Crippen LogP contribution in [0.4, 0.5) is 5.69 Å². The van der Waals surface area contributed by atoms with Crippen molar-refractivity contribution in [3.63, 3.8) is 0 Å². The number of carbonyl (C=O) groups excluding carboxylic acids is 2. The average molecular weight is 581 g/mol. The van der Waals surface area contributed by atoms with E-state index in [1.54, 1.807) is 11.8 Å². The van der Waals surface area contributed by atoms with E-state index in [0.29, 0.717) is 12.3 Å². The van der Waals surface area contributed by atoms with Gasteiger partial charge < -0.3 is 9.72 Å². The number of ether oxygens (including phenoxy) is 1. The quantitative estimate of drug-likeness (QED) is 0.293. The number of fused-ring (bicyclic) bond motifs is 9. The number of nitrogens with zero attached hydrogens (tertiary/aromatic N) is 1. The summed E-state index contributed by atoms with van der Waals surface area (Å²) in [7, 11) is 0. The number of nitrogens with one attached hydrogen (secondary N) is 1. The molecule has 2 saturated carbocycles. The Bertz CT molecular complexity index is 1710. The lowest BCUT2D eigenvalue weighted by Gasteiger charge is -2.43. The minimum atomic E-state index is -0.300. The monoisotopic (exact) mass is 580 g/mol. The number of H-pyrrole nitrogens is 1. The van der Waals surface area contributed by atoms with Crippen molar-refractivity contribution in [1.29, 1.82) is 0 Å². The Hall–Kier alpha value is -3.62. The molecule has 3 fully saturated rings. The van der Waals surface area contributed by atoms with E-state index >= 15 is 0 Å². The molecule has 0 unspecified atom stereocenters. The molecule has 0 radical (unpaired) electrons. The van der Waals surface area contributed by atoms with Gasteiger partial charge in [-0.2, -0.15) is 0 Å². The number of benzene rings is 3. The molecule has 1 saturated heterocycles. The molecule has 0 spiro atoms. The molecule has 8 rings (SSSR count). The van der Waals surface area contributed by atoms with Gasteiger partial charge in [0.15, 0.2) is 0 Å².